The van der Waals surface area contributed by atoms with Crippen LogP contribution in [0.4, 0.5) is 0 Å². The third-order valence-corrected chi connectivity index (χ3v) is 2.41. The summed E-state index contributed by atoms with van der Waals surface area (Å²) in [6.07, 6.45) is 6.56. The monoisotopic (exact) mass is 206 g/mol. The van der Waals surface area contributed by atoms with Gasteiger partial charge in [-0.3, -0.25) is 4.79 Å². The second-order valence-electron chi connectivity index (χ2n) is 3.55. The minimum absolute atomic E-state index is 0.172. The highest BCUT2D eigenvalue weighted by atomic mass is 16.1. The molecule has 0 amide bonds. The van der Waals surface area contributed by atoms with E-state index in [1.165, 1.54) is 19.2 Å². The SMILES string of the molecule is CCCCCn1cnc2c(=O)[nH]cnc21. The van der Waals surface area contributed by atoms with Gasteiger partial charge < -0.3 is 9.55 Å². The van der Waals surface area contributed by atoms with Crippen LogP contribution in [0.5, 0.6) is 0 Å². The van der Waals surface area contributed by atoms with E-state index in [0.717, 1.165) is 13.0 Å². The van der Waals surface area contributed by atoms with Crippen LogP contribution in [-0.4, -0.2) is 19.5 Å². The number of aromatic amines is 1. The first-order chi connectivity index (χ1) is 7.33. The number of H-pyrrole nitrogens is 1. The molecule has 0 aliphatic heterocycles. The van der Waals surface area contributed by atoms with Crippen molar-refractivity contribution in [1.29, 1.82) is 0 Å². The largest absolute Gasteiger partial charge is 0.315 e. The van der Waals surface area contributed by atoms with Crippen molar-refractivity contribution in [3.05, 3.63) is 23.0 Å². The van der Waals surface area contributed by atoms with E-state index in [-0.39, 0.29) is 5.56 Å². The first-order valence-corrected chi connectivity index (χ1v) is 5.21. The summed E-state index contributed by atoms with van der Waals surface area (Å²) in [5.41, 5.74) is 0.929. The van der Waals surface area contributed by atoms with Crippen molar-refractivity contribution in [2.75, 3.05) is 0 Å². The number of unbranched alkanes of at least 4 members (excludes halogenated alkanes) is 2. The van der Waals surface area contributed by atoms with Crippen LogP contribution in [0.1, 0.15) is 26.2 Å². The van der Waals surface area contributed by atoms with Crippen molar-refractivity contribution >= 4 is 11.2 Å². The highest BCUT2D eigenvalue weighted by molar-refractivity contribution is 5.68. The highest BCUT2D eigenvalue weighted by Gasteiger charge is 2.05. The Bertz CT molecular complexity index is 499. The smallest absolute Gasteiger partial charge is 0.278 e. The topological polar surface area (TPSA) is 63.6 Å². The Labute approximate surface area is 87.2 Å². The molecule has 2 rings (SSSR count). The first-order valence-electron chi connectivity index (χ1n) is 5.21. The quantitative estimate of drug-likeness (QED) is 0.767. The summed E-state index contributed by atoms with van der Waals surface area (Å²) in [5, 5.41) is 0. The molecule has 0 aliphatic carbocycles. The number of nitrogens with zero attached hydrogens (tertiary/aromatic N) is 3. The number of hydrogen-bond acceptors (Lipinski definition) is 3. The fraction of sp³-hybridized carbons (Fsp3) is 0.500. The van der Waals surface area contributed by atoms with Gasteiger partial charge in [0.1, 0.15) is 0 Å². The summed E-state index contributed by atoms with van der Waals surface area (Å²) in [4.78, 5) is 22.0. The molecule has 0 fully saturated rings. The van der Waals surface area contributed by atoms with E-state index in [1.54, 1.807) is 6.33 Å². The molecule has 1 N–H and O–H groups in total. The van der Waals surface area contributed by atoms with Crippen molar-refractivity contribution in [3.8, 4) is 0 Å². The molecule has 0 unspecified atom stereocenters. The lowest BCUT2D eigenvalue weighted by Gasteiger charge is -2.01. The molecule has 0 radical (unpaired) electrons. The summed E-state index contributed by atoms with van der Waals surface area (Å²) in [6, 6.07) is 0. The zero-order valence-corrected chi connectivity index (χ0v) is 8.73. The molecule has 0 saturated heterocycles. The number of hydrogen-bond donors (Lipinski definition) is 1. The fourth-order valence-corrected chi connectivity index (χ4v) is 1.59. The van der Waals surface area contributed by atoms with Gasteiger partial charge in [-0.15, -0.1) is 0 Å². The maximum absolute atomic E-state index is 11.4. The molecule has 2 aromatic heterocycles. The lowest BCUT2D eigenvalue weighted by molar-refractivity contribution is 0.610. The Morgan fingerprint density at radius 2 is 2.27 bits per heavy atom. The average molecular weight is 206 g/mol. The highest BCUT2D eigenvalue weighted by Crippen LogP contribution is 2.06. The Hall–Kier alpha value is -1.65. The molecule has 0 bridgehead atoms. The van der Waals surface area contributed by atoms with Crippen LogP contribution in [0.2, 0.25) is 0 Å². The second-order valence-corrected chi connectivity index (χ2v) is 3.55. The molecule has 0 spiro atoms. The number of fused-ring (bicyclic) bond motifs is 1. The Balaban J connectivity index is 2.29. The predicted octanol–water partition coefficient (Wildman–Crippen LogP) is 1.31. The van der Waals surface area contributed by atoms with Crippen LogP contribution < -0.4 is 5.56 Å². The normalized spacial score (nSPS) is 11.0. The number of imidazole rings is 1. The van der Waals surface area contributed by atoms with Gasteiger partial charge in [-0.05, 0) is 6.42 Å². The molecule has 2 heterocycles. The average Bonchev–Trinajstić information content (AvgIpc) is 2.64. The lowest BCUT2D eigenvalue weighted by Crippen LogP contribution is -2.07. The van der Waals surface area contributed by atoms with Gasteiger partial charge in [0, 0.05) is 6.54 Å². The van der Waals surface area contributed by atoms with Crippen LogP contribution in [0.15, 0.2) is 17.4 Å². The van der Waals surface area contributed by atoms with Gasteiger partial charge in [-0.1, -0.05) is 19.8 Å². The molecule has 80 valence electrons. The van der Waals surface area contributed by atoms with Gasteiger partial charge in [0.05, 0.1) is 12.7 Å². The van der Waals surface area contributed by atoms with Crippen molar-refractivity contribution in [3.63, 3.8) is 0 Å². The standard InChI is InChI=1S/C10H14N4O/c1-2-3-4-5-14-7-13-8-9(14)11-6-12-10(8)15/h6-7H,2-5H2,1H3,(H,11,12,15). The maximum Gasteiger partial charge on any atom is 0.278 e. The van der Waals surface area contributed by atoms with Crippen LogP contribution in [-0.2, 0) is 6.54 Å². The maximum atomic E-state index is 11.4. The van der Waals surface area contributed by atoms with Crippen molar-refractivity contribution < 1.29 is 0 Å². The molecule has 0 aliphatic rings. The Morgan fingerprint density at radius 3 is 3.07 bits per heavy atom. The van der Waals surface area contributed by atoms with E-state index < -0.39 is 0 Å². The molecular formula is C10H14N4O. The first kappa shape index (κ1) is 9.89. The van der Waals surface area contributed by atoms with E-state index in [1.807, 2.05) is 4.57 Å². The van der Waals surface area contributed by atoms with Crippen molar-refractivity contribution in [2.45, 2.75) is 32.7 Å². The Morgan fingerprint density at radius 1 is 1.40 bits per heavy atom. The molecule has 2 aromatic rings. The summed E-state index contributed by atoms with van der Waals surface area (Å²) < 4.78 is 1.93. The summed E-state index contributed by atoms with van der Waals surface area (Å²) >= 11 is 0. The van der Waals surface area contributed by atoms with Crippen LogP contribution in [0, 0.1) is 0 Å². The number of nitrogens with one attached hydrogen (secondary N) is 1. The van der Waals surface area contributed by atoms with Gasteiger partial charge in [0.25, 0.3) is 5.56 Å². The van der Waals surface area contributed by atoms with E-state index in [4.69, 9.17) is 0 Å². The minimum atomic E-state index is -0.172. The fourth-order valence-electron chi connectivity index (χ4n) is 1.59. The summed E-state index contributed by atoms with van der Waals surface area (Å²) in [6.45, 7) is 3.04. The molecule has 0 saturated carbocycles. The third-order valence-electron chi connectivity index (χ3n) is 2.41. The molecule has 0 aromatic carbocycles. The number of aryl methyl sites for hydroxylation is 1. The van der Waals surface area contributed by atoms with E-state index in [0.29, 0.717) is 11.2 Å². The molecule has 15 heavy (non-hydrogen) atoms. The van der Waals surface area contributed by atoms with Gasteiger partial charge in [-0.25, -0.2) is 9.97 Å². The molecular weight excluding hydrogens is 192 g/mol. The Kier molecular flexibility index (Phi) is 2.80. The van der Waals surface area contributed by atoms with Crippen molar-refractivity contribution in [2.24, 2.45) is 0 Å². The third kappa shape index (κ3) is 1.91. The van der Waals surface area contributed by atoms with Gasteiger partial charge in [-0.2, -0.15) is 0 Å². The number of rotatable bonds is 4. The number of aromatic nitrogens is 4. The van der Waals surface area contributed by atoms with Gasteiger partial charge in [0.15, 0.2) is 11.2 Å². The predicted molar refractivity (Wildman–Crippen MR) is 57.7 cm³/mol. The molecule has 0 atom stereocenters. The lowest BCUT2D eigenvalue weighted by atomic mass is 10.2. The van der Waals surface area contributed by atoms with Crippen molar-refractivity contribution in [1.82, 2.24) is 19.5 Å². The minimum Gasteiger partial charge on any atom is -0.315 e. The van der Waals surface area contributed by atoms with Gasteiger partial charge in [0.2, 0.25) is 0 Å². The van der Waals surface area contributed by atoms with E-state index in [9.17, 15) is 4.79 Å². The zero-order valence-electron chi connectivity index (χ0n) is 8.73. The van der Waals surface area contributed by atoms with Gasteiger partial charge >= 0.3 is 0 Å². The zero-order chi connectivity index (χ0) is 10.7. The van der Waals surface area contributed by atoms with E-state index in [2.05, 4.69) is 21.9 Å². The van der Waals surface area contributed by atoms with E-state index >= 15 is 0 Å². The summed E-state index contributed by atoms with van der Waals surface area (Å²) in [7, 11) is 0. The van der Waals surface area contributed by atoms with Crippen LogP contribution >= 0.6 is 0 Å². The van der Waals surface area contributed by atoms with Crippen LogP contribution in [0.3, 0.4) is 0 Å². The molecule has 5 heteroatoms. The second kappa shape index (κ2) is 4.25. The molecule has 5 nitrogen and oxygen atoms in total. The van der Waals surface area contributed by atoms with Crippen LogP contribution in [0.25, 0.3) is 11.2 Å². The summed E-state index contributed by atoms with van der Waals surface area (Å²) in [5.74, 6) is 0.